The standard InChI is InChI=1S/C18H21N5OS/c1-12-14-10-15(25-18(14)22(2)21-12)17(24)20-11-13-5-6-19-16(9-13)23-7-3-4-8-23/h5-6,9-10H,3-4,7-8,11H2,1-2H3,(H,20,24). The highest BCUT2D eigenvalue weighted by atomic mass is 32.1. The summed E-state index contributed by atoms with van der Waals surface area (Å²) in [5.74, 6) is 0.966. The molecule has 0 aromatic carbocycles. The van der Waals surface area contributed by atoms with Crippen LogP contribution in [0.3, 0.4) is 0 Å². The molecule has 6 nitrogen and oxygen atoms in total. The lowest BCUT2D eigenvalue weighted by molar-refractivity contribution is 0.0955. The average molecular weight is 355 g/mol. The molecule has 0 aliphatic carbocycles. The van der Waals surface area contributed by atoms with Crippen LogP contribution < -0.4 is 10.2 Å². The van der Waals surface area contributed by atoms with E-state index in [1.165, 1.54) is 24.2 Å². The van der Waals surface area contributed by atoms with E-state index < -0.39 is 0 Å². The molecule has 4 heterocycles. The first-order valence-electron chi connectivity index (χ1n) is 8.53. The van der Waals surface area contributed by atoms with E-state index in [1.807, 2.05) is 37.0 Å². The number of anilines is 1. The van der Waals surface area contributed by atoms with E-state index in [0.717, 1.165) is 45.3 Å². The van der Waals surface area contributed by atoms with Crippen molar-refractivity contribution in [3.05, 3.63) is 40.5 Å². The minimum absolute atomic E-state index is 0.0415. The monoisotopic (exact) mass is 355 g/mol. The van der Waals surface area contributed by atoms with E-state index in [-0.39, 0.29) is 5.91 Å². The molecule has 0 spiro atoms. The number of fused-ring (bicyclic) bond motifs is 1. The van der Waals surface area contributed by atoms with E-state index >= 15 is 0 Å². The topological polar surface area (TPSA) is 63.1 Å². The van der Waals surface area contributed by atoms with Crippen LogP contribution in [0.2, 0.25) is 0 Å². The second-order valence-electron chi connectivity index (χ2n) is 6.44. The quantitative estimate of drug-likeness (QED) is 0.782. The molecular weight excluding hydrogens is 334 g/mol. The van der Waals surface area contributed by atoms with Crippen molar-refractivity contribution in [1.82, 2.24) is 20.1 Å². The van der Waals surface area contributed by atoms with Crippen molar-refractivity contribution in [3.8, 4) is 0 Å². The first-order valence-corrected chi connectivity index (χ1v) is 9.34. The van der Waals surface area contributed by atoms with Crippen molar-refractivity contribution < 1.29 is 4.79 Å². The molecule has 0 bridgehead atoms. The van der Waals surface area contributed by atoms with Crippen LogP contribution in [0.25, 0.3) is 10.2 Å². The van der Waals surface area contributed by atoms with Crippen molar-refractivity contribution >= 4 is 33.3 Å². The number of carbonyl (C=O) groups is 1. The van der Waals surface area contributed by atoms with Gasteiger partial charge >= 0.3 is 0 Å². The highest BCUT2D eigenvalue weighted by Gasteiger charge is 2.16. The summed E-state index contributed by atoms with van der Waals surface area (Å²) >= 11 is 1.48. The number of thiophene rings is 1. The summed E-state index contributed by atoms with van der Waals surface area (Å²) in [4.78, 5) is 21.0. The lowest BCUT2D eigenvalue weighted by Crippen LogP contribution is -2.23. The third kappa shape index (κ3) is 3.11. The van der Waals surface area contributed by atoms with Crippen LogP contribution in [0.5, 0.6) is 0 Å². The number of carbonyl (C=O) groups excluding carboxylic acids is 1. The molecule has 3 aromatic rings. The van der Waals surface area contributed by atoms with E-state index in [2.05, 4.69) is 26.4 Å². The van der Waals surface area contributed by atoms with Crippen molar-refractivity contribution in [2.24, 2.45) is 7.05 Å². The van der Waals surface area contributed by atoms with Crippen LogP contribution in [-0.4, -0.2) is 33.8 Å². The van der Waals surface area contributed by atoms with Gasteiger partial charge in [0.1, 0.15) is 10.6 Å². The fourth-order valence-corrected chi connectivity index (χ4v) is 4.32. The van der Waals surface area contributed by atoms with Crippen LogP contribution in [-0.2, 0) is 13.6 Å². The fraction of sp³-hybridized carbons (Fsp3) is 0.389. The Hall–Kier alpha value is -2.41. The molecule has 1 aliphatic rings. The number of pyridine rings is 1. The smallest absolute Gasteiger partial charge is 0.261 e. The van der Waals surface area contributed by atoms with Crippen LogP contribution in [0.1, 0.15) is 33.8 Å². The molecule has 0 unspecified atom stereocenters. The van der Waals surface area contributed by atoms with Gasteiger partial charge in [-0.15, -0.1) is 11.3 Å². The van der Waals surface area contributed by atoms with Crippen molar-refractivity contribution in [2.75, 3.05) is 18.0 Å². The minimum atomic E-state index is -0.0415. The Kier molecular flexibility index (Phi) is 4.17. The van der Waals surface area contributed by atoms with Gasteiger partial charge in [0.15, 0.2) is 0 Å². The average Bonchev–Trinajstić information content (AvgIpc) is 3.33. The molecule has 1 aliphatic heterocycles. The molecule has 1 fully saturated rings. The van der Waals surface area contributed by atoms with E-state index in [9.17, 15) is 4.79 Å². The summed E-state index contributed by atoms with van der Waals surface area (Å²) in [5.41, 5.74) is 2.03. The number of hydrogen-bond acceptors (Lipinski definition) is 5. The zero-order valence-electron chi connectivity index (χ0n) is 14.5. The maximum Gasteiger partial charge on any atom is 0.261 e. The van der Waals surface area contributed by atoms with Crippen molar-refractivity contribution in [1.29, 1.82) is 0 Å². The molecule has 4 rings (SSSR count). The first kappa shape index (κ1) is 16.1. The fourth-order valence-electron chi connectivity index (χ4n) is 3.28. The number of rotatable bonds is 4. The lowest BCUT2D eigenvalue weighted by atomic mass is 10.2. The number of nitrogens with one attached hydrogen (secondary N) is 1. The van der Waals surface area contributed by atoms with Gasteiger partial charge in [0.05, 0.1) is 10.6 Å². The Morgan fingerprint density at radius 2 is 2.12 bits per heavy atom. The van der Waals surface area contributed by atoms with Gasteiger partial charge in [0.2, 0.25) is 0 Å². The summed E-state index contributed by atoms with van der Waals surface area (Å²) in [7, 11) is 1.91. The Morgan fingerprint density at radius 1 is 1.32 bits per heavy atom. The summed E-state index contributed by atoms with van der Waals surface area (Å²) in [5, 5.41) is 8.45. The van der Waals surface area contributed by atoms with E-state index in [1.54, 1.807) is 0 Å². The molecule has 1 amide bonds. The van der Waals surface area contributed by atoms with Crippen molar-refractivity contribution in [3.63, 3.8) is 0 Å². The third-order valence-corrected chi connectivity index (χ3v) is 5.81. The molecule has 0 atom stereocenters. The first-order chi connectivity index (χ1) is 12.1. The van der Waals surface area contributed by atoms with Gasteiger partial charge in [-0.1, -0.05) is 0 Å². The predicted molar refractivity (Wildman–Crippen MR) is 100 cm³/mol. The highest BCUT2D eigenvalue weighted by Crippen LogP contribution is 2.27. The zero-order valence-corrected chi connectivity index (χ0v) is 15.3. The predicted octanol–water partition coefficient (Wildman–Crippen LogP) is 2.87. The largest absolute Gasteiger partial charge is 0.357 e. The van der Waals surface area contributed by atoms with Crippen LogP contribution in [0, 0.1) is 6.92 Å². The van der Waals surface area contributed by atoms with Gasteiger partial charge in [0.25, 0.3) is 5.91 Å². The van der Waals surface area contributed by atoms with Gasteiger partial charge in [0, 0.05) is 38.3 Å². The second kappa shape index (κ2) is 6.48. The Bertz CT molecular complexity index is 888. The SMILES string of the molecule is Cc1nn(C)c2sc(C(=O)NCc3ccnc(N4CCCC4)c3)cc12. The minimum Gasteiger partial charge on any atom is -0.357 e. The molecule has 0 radical (unpaired) electrons. The highest BCUT2D eigenvalue weighted by molar-refractivity contribution is 7.20. The maximum atomic E-state index is 12.5. The summed E-state index contributed by atoms with van der Waals surface area (Å²) in [6, 6.07) is 5.96. The number of nitrogens with zero attached hydrogens (tertiary/aromatic N) is 4. The van der Waals surface area contributed by atoms with E-state index in [4.69, 9.17) is 0 Å². The molecule has 130 valence electrons. The van der Waals surface area contributed by atoms with Crippen molar-refractivity contribution in [2.45, 2.75) is 26.3 Å². The zero-order chi connectivity index (χ0) is 17.4. The maximum absolute atomic E-state index is 12.5. The third-order valence-electron chi connectivity index (χ3n) is 4.61. The van der Waals surface area contributed by atoms with Gasteiger partial charge in [-0.3, -0.25) is 9.48 Å². The number of hydrogen-bond donors (Lipinski definition) is 1. The second-order valence-corrected chi connectivity index (χ2v) is 7.47. The molecule has 1 N–H and O–H groups in total. The Balaban J connectivity index is 1.46. The Labute approximate surface area is 150 Å². The number of aryl methyl sites for hydroxylation is 2. The summed E-state index contributed by atoms with van der Waals surface area (Å²) < 4.78 is 1.83. The van der Waals surface area contributed by atoms with Crippen LogP contribution in [0.4, 0.5) is 5.82 Å². The van der Waals surface area contributed by atoms with Gasteiger partial charge in [-0.2, -0.15) is 5.10 Å². The Morgan fingerprint density at radius 3 is 2.88 bits per heavy atom. The summed E-state index contributed by atoms with van der Waals surface area (Å²) in [6.45, 7) is 4.61. The van der Waals surface area contributed by atoms with Gasteiger partial charge < -0.3 is 10.2 Å². The van der Waals surface area contributed by atoms with Crippen LogP contribution >= 0.6 is 11.3 Å². The number of amides is 1. The molecule has 1 saturated heterocycles. The number of aromatic nitrogens is 3. The molecular formula is C18H21N5OS. The molecule has 3 aromatic heterocycles. The van der Waals surface area contributed by atoms with Gasteiger partial charge in [-0.05, 0) is 43.5 Å². The molecule has 25 heavy (non-hydrogen) atoms. The molecule has 0 saturated carbocycles. The lowest BCUT2D eigenvalue weighted by Gasteiger charge is -2.16. The normalized spacial score (nSPS) is 14.4. The summed E-state index contributed by atoms with van der Waals surface area (Å²) in [6.07, 6.45) is 4.27. The molecule has 7 heteroatoms. The van der Waals surface area contributed by atoms with Crippen LogP contribution in [0.15, 0.2) is 24.4 Å². The van der Waals surface area contributed by atoms with E-state index in [0.29, 0.717) is 6.54 Å². The van der Waals surface area contributed by atoms with Gasteiger partial charge in [-0.25, -0.2) is 4.98 Å².